The van der Waals surface area contributed by atoms with Crippen LogP contribution >= 0.6 is 11.6 Å². The number of nitrogens with one attached hydrogen (secondary N) is 2. The summed E-state index contributed by atoms with van der Waals surface area (Å²) < 4.78 is 5.80. The van der Waals surface area contributed by atoms with Crippen molar-refractivity contribution in [3.63, 3.8) is 0 Å². The molecular weight excluding hydrogens is 418 g/mol. The van der Waals surface area contributed by atoms with Crippen LogP contribution in [0, 0.1) is 11.8 Å². The number of pyridine rings is 1. The van der Waals surface area contributed by atoms with Crippen molar-refractivity contribution in [3.05, 3.63) is 23.4 Å². The average Bonchev–Trinajstić information content (AvgIpc) is 2.74. The zero-order valence-electron chi connectivity index (χ0n) is 18.5. The third-order valence-corrected chi connectivity index (χ3v) is 5.90. The van der Waals surface area contributed by atoms with Gasteiger partial charge in [-0.2, -0.15) is 0 Å². The van der Waals surface area contributed by atoms with Gasteiger partial charge in [0.05, 0.1) is 24.3 Å². The minimum absolute atomic E-state index is 0.0119. The molecule has 0 aromatic carbocycles. The van der Waals surface area contributed by atoms with Crippen molar-refractivity contribution in [2.75, 3.05) is 57.7 Å². The summed E-state index contributed by atoms with van der Waals surface area (Å²) >= 11 is 5.82. The molecule has 0 radical (unpaired) electrons. The number of amides is 2. The van der Waals surface area contributed by atoms with Gasteiger partial charge in [-0.15, -0.1) is 0 Å². The fourth-order valence-corrected chi connectivity index (χ4v) is 4.22. The molecule has 1 unspecified atom stereocenters. The molecule has 3 heterocycles. The summed E-state index contributed by atoms with van der Waals surface area (Å²) in [4.78, 5) is 33.4. The molecule has 2 aliphatic rings. The number of hydrogen-bond acceptors (Lipinski definition) is 6. The number of hydrogen-bond donors (Lipinski definition) is 2. The van der Waals surface area contributed by atoms with E-state index in [1.807, 2.05) is 0 Å². The van der Waals surface area contributed by atoms with Crippen molar-refractivity contribution in [3.8, 4) is 0 Å². The van der Waals surface area contributed by atoms with E-state index in [1.54, 1.807) is 12.1 Å². The van der Waals surface area contributed by atoms with Gasteiger partial charge in [-0.1, -0.05) is 25.4 Å². The Hall–Kier alpha value is -1.74. The van der Waals surface area contributed by atoms with Crippen LogP contribution in [0.5, 0.6) is 0 Å². The summed E-state index contributed by atoms with van der Waals surface area (Å²) in [5.41, 5.74) is 0. The number of aromatic nitrogens is 1. The number of ether oxygens (including phenoxy) is 1. The van der Waals surface area contributed by atoms with Crippen LogP contribution in [0.25, 0.3) is 0 Å². The number of piperidine rings is 1. The van der Waals surface area contributed by atoms with Gasteiger partial charge in [0.2, 0.25) is 11.8 Å². The predicted octanol–water partition coefficient (Wildman–Crippen LogP) is 1.86. The Morgan fingerprint density at radius 1 is 1.23 bits per heavy atom. The second kappa shape index (κ2) is 11.8. The highest BCUT2D eigenvalue weighted by atomic mass is 35.5. The smallest absolute Gasteiger partial charge is 0.234 e. The van der Waals surface area contributed by atoms with Gasteiger partial charge in [0.25, 0.3) is 0 Å². The van der Waals surface area contributed by atoms with Crippen LogP contribution in [0.1, 0.15) is 26.7 Å². The van der Waals surface area contributed by atoms with Crippen molar-refractivity contribution < 1.29 is 14.3 Å². The third kappa shape index (κ3) is 8.03. The van der Waals surface area contributed by atoms with Gasteiger partial charge >= 0.3 is 0 Å². The van der Waals surface area contributed by atoms with Crippen molar-refractivity contribution in [1.82, 2.24) is 20.1 Å². The molecule has 0 spiro atoms. The quantitative estimate of drug-likeness (QED) is 0.627. The number of morpholine rings is 1. The zero-order chi connectivity index (χ0) is 22.2. The van der Waals surface area contributed by atoms with Crippen molar-refractivity contribution in [2.24, 2.45) is 11.8 Å². The lowest BCUT2D eigenvalue weighted by Crippen LogP contribution is -2.50. The molecule has 2 aliphatic heterocycles. The summed E-state index contributed by atoms with van der Waals surface area (Å²) in [5.74, 6) is 1.05. The summed E-state index contributed by atoms with van der Waals surface area (Å²) in [6.45, 7) is 10.4. The van der Waals surface area contributed by atoms with Crippen LogP contribution in [0.4, 0.5) is 5.82 Å². The Labute approximate surface area is 189 Å². The Kier molecular flexibility index (Phi) is 9.07. The van der Waals surface area contributed by atoms with Crippen molar-refractivity contribution in [1.29, 1.82) is 0 Å². The topological polar surface area (TPSA) is 86.8 Å². The Morgan fingerprint density at radius 2 is 2.00 bits per heavy atom. The number of carbonyl (C=O) groups excluding carboxylic acids is 2. The molecule has 1 aromatic heterocycles. The molecule has 9 heteroatoms. The first-order chi connectivity index (χ1) is 14.9. The highest BCUT2D eigenvalue weighted by Gasteiger charge is 2.27. The van der Waals surface area contributed by atoms with E-state index in [1.165, 1.54) is 6.20 Å². The Balaban J connectivity index is 1.33. The number of anilines is 1. The minimum atomic E-state index is -0.0700. The Bertz CT molecular complexity index is 722. The first kappa shape index (κ1) is 23.9. The SMILES string of the molecule is CC(C)CN1CCOC(CNC(=O)CN2CCC(C(=O)Nc3ccc(Cl)cn3)CC2)C1. The third-order valence-electron chi connectivity index (χ3n) is 5.68. The van der Waals surface area contributed by atoms with Gasteiger partial charge in [0.1, 0.15) is 5.82 Å². The van der Waals surface area contributed by atoms with Gasteiger partial charge in [0, 0.05) is 38.3 Å². The standard InChI is InChI=1S/C22H34ClN5O3/c1-16(2)13-28-9-10-31-19(14-28)12-25-21(29)15-27-7-5-17(6-8-27)22(30)26-20-4-3-18(23)11-24-20/h3-4,11,16-17,19H,5-10,12-15H2,1-2H3,(H,25,29)(H,24,26,30). The van der Waals surface area contributed by atoms with E-state index < -0.39 is 0 Å². The van der Waals surface area contributed by atoms with E-state index in [0.29, 0.717) is 36.5 Å². The number of rotatable bonds is 8. The van der Waals surface area contributed by atoms with Crippen LogP contribution in [0.15, 0.2) is 18.3 Å². The number of likely N-dealkylation sites (tertiary alicyclic amines) is 1. The monoisotopic (exact) mass is 451 g/mol. The van der Waals surface area contributed by atoms with E-state index in [-0.39, 0.29) is 23.8 Å². The van der Waals surface area contributed by atoms with E-state index in [4.69, 9.17) is 16.3 Å². The van der Waals surface area contributed by atoms with E-state index in [2.05, 4.69) is 39.3 Å². The molecule has 3 rings (SSSR count). The molecule has 2 saturated heterocycles. The maximum absolute atomic E-state index is 12.5. The van der Waals surface area contributed by atoms with Crippen LogP contribution in [-0.4, -0.2) is 85.1 Å². The fourth-order valence-electron chi connectivity index (χ4n) is 4.10. The molecule has 2 amide bonds. The highest BCUT2D eigenvalue weighted by molar-refractivity contribution is 6.30. The Morgan fingerprint density at radius 3 is 2.68 bits per heavy atom. The van der Waals surface area contributed by atoms with Gasteiger partial charge in [-0.25, -0.2) is 4.98 Å². The molecule has 31 heavy (non-hydrogen) atoms. The molecule has 172 valence electrons. The molecule has 1 aromatic rings. The summed E-state index contributed by atoms with van der Waals surface area (Å²) in [5, 5.41) is 6.39. The van der Waals surface area contributed by atoms with Crippen molar-refractivity contribution >= 4 is 29.2 Å². The largest absolute Gasteiger partial charge is 0.374 e. The van der Waals surface area contributed by atoms with Crippen LogP contribution in [0.3, 0.4) is 0 Å². The van der Waals surface area contributed by atoms with E-state index in [9.17, 15) is 9.59 Å². The first-order valence-corrected chi connectivity index (χ1v) is 11.5. The first-order valence-electron chi connectivity index (χ1n) is 11.1. The summed E-state index contributed by atoms with van der Waals surface area (Å²) in [7, 11) is 0. The van der Waals surface area contributed by atoms with Gasteiger partial charge < -0.3 is 15.4 Å². The maximum Gasteiger partial charge on any atom is 0.234 e. The molecule has 0 aliphatic carbocycles. The number of carbonyl (C=O) groups is 2. The molecule has 2 N–H and O–H groups in total. The van der Waals surface area contributed by atoms with Gasteiger partial charge in [-0.05, 0) is 44.0 Å². The minimum Gasteiger partial charge on any atom is -0.374 e. The fraction of sp³-hybridized carbons (Fsp3) is 0.682. The van der Waals surface area contributed by atoms with Crippen LogP contribution < -0.4 is 10.6 Å². The lowest BCUT2D eigenvalue weighted by atomic mass is 9.96. The second-order valence-electron chi connectivity index (χ2n) is 8.85. The lowest BCUT2D eigenvalue weighted by molar-refractivity contribution is -0.124. The number of halogens is 1. The van der Waals surface area contributed by atoms with Gasteiger partial charge in [0.15, 0.2) is 0 Å². The predicted molar refractivity (Wildman–Crippen MR) is 121 cm³/mol. The van der Waals surface area contributed by atoms with Crippen LogP contribution in [-0.2, 0) is 14.3 Å². The molecular formula is C22H34ClN5O3. The molecule has 0 bridgehead atoms. The van der Waals surface area contributed by atoms with Gasteiger partial charge in [-0.3, -0.25) is 19.4 Å². The van der Waals surface area contributed by atoms with E-state index >= 15 is 0 Å². The zero-order valence-corrected chi connectivity index (χ0v) is 19.2. The highest BCUT2D eigenvalue weighted by Crippen LogP contribution is 2.19. The van der Waals surface area contributed by atoms with Crippen LogP contribution in [0.2, 0.25) is 5.02 Å². The second-order valence-corrected chi connectivity index (χ2v) is 9.29. The molecule has 1 atom stereocenters. The van der Waals surface area contributed by atoms with Crippen molar-refractivity contribution in [2.45, 2.75) is 32.8 Å². The normalized spacial score (nSPS) is 21.2. The average molecular weight is 452 g/mol. The van der Waals surface area contributed by atoms with E-state index in [0.717, 1.165) is 45.6 Å². The lowest BCUT2D eigenvalue weighted by Gasteiger charge is -2.34. The molecule has 2 fully saturated rings. The number of nitrogens with zero attached hydrogens (tertiary/aromatic N) is 3. The molecule has 0 saturated carbocycles. The molecule has 8 nitrogen and oxygen atoms in total. The maximum atomic E-state index is 12.5. The summed E-state index contributed by atoms with van der Waals surface area (Å²) in [6.07, 6.45) is 3.01. The summed E-state index contributed by atoms with van der Waals surface area (Å²) in [6, 6.07) is 3.39.